The lowest BCUT2D eigenvalue weighted by Crippen LogP contribution is -2.14. The number of nitrogens with two attached hydrogens (primary N) is 1. The van der Waals surface area contributed by atoms with E-state index in [1.165, 1.54) is 0 Å². The number of rotatable bonds is 2. The lowest BCUT2D eigenvalue weighted by molar-refractivity contribution is 0.353. The van der Waals surface area contributed by atoms with Crippen molar-refractivity contribution in [3.05, 3.63) is 21.8 Å². The van der Waals surface area contributed by atoms with Crippen molar-refractivity contribution in [1.82, 2.24) is 10.1 Å². The minimum Gasteiger partial charge on any atom is -0.339 e. The second kappa shape index (κ2) is 4.51. The third kappa shape index (κ3) is 2.29. The molecule has 2 heterocycles. The highest BCUT2D eigenvalue weighted by Gasteiger charge is 2.28. The van der Waals surface area contributed by atoms with Crippen LogP contribution in [0.3, 0.4) is 0 Å². The zero-order chi connectivity index (χ0) is 11.8. The molecule has 2 aromatic heterocycles. The van der Waals surface area contributed by atoms with Crippen LogP contribution in [0.25, 0.3) is 10.7 Å². The van der Waals surface area contributed by atoms with E-state index in [1.807, 2.05) is 11.4 Å². The molecule has 0 unspecified atom stereocenters. The van der Waals surface area contributed by atoms with Crippen molar-refractivity contribution in [3.8, 4) is 10.7 Å². The highest BCUT2D eigenvalue weighted by Crippen LogP contribution is 2.34. The summed E-state index contributed by atoms with van der Waals surface area (Å²) in [6, 6.07) is 2.28. The van der Waals surface area contributed by atoms with E-state index in [9.17, 15) is 0 Å². The van der Waals surface area contributed by atoms with Gasteiger partial charge in [-0.2, -0.15) is 4.98 Å². The van der Waals surface area contributed by atoms with Gasteiger partial charge in [-0.05, 0) is 41.3 Å². The van der Waals surface area contributed by atoms with Crippen molar-refractivity contribution in [2.24, 2.45) is 5.73 Å². The van der Waals surface area contributed by atoms with Crippen LogP contribution in [0.4, 0.5) is 0 Å². The number of hydrogen-bond acceptors (Lipinski definition) is 5. The first kappa shape index (κ1) is 11.4. The maximum absolute atomic E-state index is 5.89. The zero-order valence-electron chi connectivity index (χ0n) is 9.10. The Morgan fingerprint density at radius 3 is 3.00 bits per heavy atom. The zero-order valence-corrected chi connectivity index (χ0v) is 11.5. The molecule has 17 heavy (non-hydrogen) atoms. The summed E-state index contributed by atoms with van der Waals surface area (Å²) in [7, 11) is 0. The van der Waals surface area contributed by atoms with Crippen LogP contribution in [0.15, 0.2) is 20.4 Å². The van der Waals surface area contributed by atoms with E-state index in [4.69, 9.17) is 10.3 Å². The molecule has 0 saturated heterocycles. The molecule has 6 heteroatoms. The van der Waals surface area contributed by atoms with E-state index in [2.05, 4.69) is 26.1 Å². The van der Waals surface area contributed by atoms with Gasteiger partial charge in [0, 0.05) is 21.8 Å². The van der Waals surface area contributed by atoms with E-state index in [1.54, 1.807) is 11.3 Å². The highest BCUT2D eigenvalue weighted by atomic mass is 79.9. The Morgan fingerprint density at radius 2 is 2.35 bits per heavy atom. The van der Waals surface area contributed by atoms with Crippen LogP contribution >= 0.6 is 27.3 Å². The molecule has 0 bridgehead atoms. The molecular weight excluding hydrogens is 302 g/mol. The average Bonchev–Trinajstić information content (AvgIpc) is 2.96. The summed E-state index contributed by atoms with van der Waals surface area (Å²) < 4.78 is 6.38. The molecule has 1 saturated carbocycles. The Bertz CT molecular complexity index is 524. The second-order valence-corrected chi connectivity index (χ2v) is 6.18. The maximum atomic E-state index is 5.89. The Hall–Kier alpha value is -0.720. The molecule has 0 radical (unpaired) electrons. The highest BCUT2D eigenvalue weighted by molar-refractivity contribution is 9.10. The monoisotopic (exact) mass is 313 g/mol. The van der Waals surface area contributed by atoms with Crippen molar-refractivity contribution >= 4 is 27.3 Å². The minimum absolute atomic E-state index is 0.284. The van der Waals surface area contributed by atoms with Gasteiger partial charge in [-0.15, -0.1) is 11.3 Å². The maximum Gasteiger partial charge on any atom is 0.230 e. The quantitative estimate of drug-likeness (QED) is 0.925. The van der Waals surface area contributed by atoms with Gasteiger partial charge in [0.1, 0.15) is 0 Å². The largest absolute Gasteiger partial charge is 0.339 e. The van der Waals surface area contributed by atoms with Crippen molar-refractivity contribution in [1.29, 1.82) is 0 Å². The summed E-state index contributed by atoms with van der Waals surface area (Å²) >= 11 is 5.02. The first-order valence-corrected chi connectivity index (χ1v) is 7.23. The van der Waals surface area contributed by atoms with Gasteiger partial charge < -0.3 is 10.3 Å². The van der Waals surface area contributed by atoms with Crippen LogP contribution in [0.2, 0.25) is 0 Å². The average molecular weight is 314 g/mol. The van der Waals surface area contributed by atoms with Crippen LogP contribution in [-0.4, -0.2) is 16.2 Å². The molecule has 2 aromatic rings. The normalized spacial score (nSPS) is 24.4. The summed E-state index contributed by atoms with van der Waals surface area (Å²) in [5.41, 5.74) is 5.89. The minimum atomic E-state index is 0.284. The van der Waals surface area contributed by atoms with Crippen LogP contribution in [0, 0.1) is 0 Å². The van der Waals surface area contributed by atoms with Crippen LogP contribution in [0.5, 0.6) is 0 Å². The van der Waals surface area contributed by atoms with E-state index >= 15 is 0 Å². The van der Waals surface area contributed by atoms with Crippen LogP contribution < -0.4 is 5.73 Å². The third-order valence-corrected chi connectivity index (χ3v) is 4.74. The topological polar surface area (TPSA) is 64.9 Å². The van der Waals surface area contributed by atoms with Gasteiger partial charge in [0.15, 0.2) is 0 Å². The van der Waals surface area contributed by atoms with Gasteiger partial charge in [-0.25, -0.2) is 0 Å². The molecule has 0 aliphatic heterocycles. The lowest BCUT2D eigenvalue weighted by atomic mass is 10.1. The van der Waals surface area contributed by atoms with E-state index in [-0.39, 0.29) is 6.04 Å². The van der Waals surface area contributed by atoms with Gasteiger partial charge in [0.05, 0.1) is 4.88 Å². The summed E-state index contributed by atoms with van der Waals surface area (Å²) in [6.07, 6.45) is 3.06. The molecule has 0 spiro atoms. The molecule has 1 fully saturated rings. The van der Waals surface area contributed by atoms with Crippen molar-refractivity contribution in [2.75, 3.05) is 0 Å². The lowest BCUT2D eigenvalue weighted by Gasteiger charge is -2.01. The van der Waals surface area contributed by atoms with Crippen molar-refractivity contribution in [2.45, 2.75) is 31.2 Å². The van der Waals surface area contributed by atoms with Gasteiger partial charge in [0.25, 0.3) is 0 Å². The van der Waals surface area contributed by atoms with E-state index < -0.39 is 0 Å². The molecule has 0 aromatic carbocycles. The van der Waals surface area contributed by atoms with E-state index in [0.29, 0.717) is 11.7 Å². The summed E-state index contributed by atoms with van der Waals surface area (Å²) in [5, 5.41) is 6.04. The first-order chi connectivity index (χ1) is 8.22. The predicted octanol–water partition coefficient (Wildman–Crippen LogP) is 3.16. The second-order valence-electron chi connectivity index (χ2n) is 4.36. The molecule has 2 atom stereocenters. The summed E-state index contributed by atoms with van der Waals surface area (Å²) in [5.74, 6) is 1.75. The van der Waals surface area contributed by atoms with Gasteiger partial charge in [-0.3, -0.25) is 0 Å². The van der Waals surface area contributed by atoms with Crippen LogP contribution in [-0.2, 0) is 0 Å². The van der Waals surface area contributed by atoms with Crippen LogP contribution in [0.1, 0.15) is 31.1 Å². The van der Waals surface area contributed by atoms with Gasteiger partial charge in [-0.1, -0.05) is 5.16 Å². The summed E-state index contributed by atoms with van der Waals surface area (Å²) in [6.45, 7) is 0. The molecule has 1 aliphatic rings. The molecule has 3 rings (SSSR count). The fourth-order valence-electron chi connectivity index (χ4n) is 2.17. The number of thiophene rings is 1. The Balaban J connectivity index is 1.83. The number of halogens is 1. The molecule has 4 nitrogen and oxygen atoms in total. The standard InChI is InChI=1S/C11H12BrN3OS/c12-7-4-9(17-5-7)10-14-11(16-15-10)6-1-2-8(13)3-6/h4-6,8H,1-3,13H2/t6-,8+/m1/s1. The number of aromatic nitrogens is 2. The molecule has 1 aliphatic carbocycles. The van der Waals surface area contributed by atoms with Gasteiger partial charge in [0.2, 0.25) is 11.7 Å². The number of hydrogen-bond donors (Lipinski definition) is 1. The molecular formula is C11H12BrN3OS. The van der Waals surface area contributed by atoms with E-state index in [0.717, 1.165) is 34.5 Å². The first-order valence-electron chi connectivity index (χ1n) is 5.56. The predicted molar refractivity (Wildman–Crippen MR) is 69.9 cm³/mol. The fourth-order valence-corrected chi connectivity index (χ4v) is 3.52. The Morgan fingerprint density at radius 1 is 1.47 bits per heavy atom. The smallest absolute Gasteiger partial charge is 0.230 e. The fraction of sp³-hybridized carbons (Fsp3) is 0.455. The van der Waals surface area contributed by atoms with Gasteiger partial charge >= 0.3 is 0 Å². The Labute approximate surface area is 111 Å². The molecule has 90 valence electrons. The SMILES string of the molecule is N[C@H]1CC[C@@H](c2nc(-c3cc(Br)cs3)no2)C1. The Kier molecular flexibility index (Phi) is 3.02. The molecule has 2 N–H and O–H groups in total. The number of nitrogens with zero attached hydrogens (tertiary/aromatic N) is 2. The third-order valence-electron chi connectivity index (χ3n) is 3.05. The molecule has 0 amide bonds. The van der Waals surface area contributed by atoms with Crippen molar-refractivity contribution in [3.63, 3.8) is 0 Å². The van der Waals surface area contributed by atoms with Crippen molar-refractivity contribution < 1.29 is 4.52 Å². The summed E-state index contributed by atoms with van der Waals surface area (Å²) in [4.78, 5) is 5.49.